The lowest BCUT2D eigenvalue weighted by Crippen LogP contribution is -2.50. The Hall–Kier alpha value is -4.29. The minimum atomic E-state index is -1.68. The maximum atomic E-state index is 14.0. The largest absolute Gasteiger partial charge is 0.490 e. The van der Waals surface area contributed by atoms with Crippen LogP contribution in [0.5, 0.6) is 5.75 Å². The number of hydrogen-bond donors (Lipinski definition) is 2. The number of nitrogens with one attached hydrogen (secondary N) is 1. The molecular formula is C24H26F3N3O7. The lowest BCUT2D eigenvalue weighted by molar-refractivity contribution is 0.0521. The molecule has 2 N–H and O–H groups in total. The number of ether oxygens (including phenoxy) is 2. The Labute approximate surface area is 209 Å². The maximum absolute atomic E-state index is 14.0. The molecule has 0 saturated carbocycles. The molecule has 0 bridgehead atoms. The Morgan fingerprint density at radius 3 is 2.24 bits per heavy atom. The fourth-order valence-electron chi connectivity index (χ4n) is 3.16. The van der Waals surface area contributed by atoms with Gasteiger partial charge in [0.2, 0.25) is 5.43 Å². The SMILES string of the molecule is C=CC(C)N(C(=O)OC(C)(C)C)n1cc(C(=O)NCc2c(F)cc(F)cc2F)c(=O)c(OC)c1C(=O)O. The molecule has 0 radical (unpaired) electrons. The van der Waals surface area contributed by atoms with Crippen LogP contribution in [0.1, 0.15) is 54.1 Å². The molecule has 0 saturated heterocycles. The zero-order valence-corrected chi connectivity index (χ0v) is 20.7. The van der Waals surface area contributed by atoms with Gasteiger partial charge < -0.3 is 19.9 Å². The summed E-state index contributed by atoms with van der Waals surface area (Å²) in [6.07, 6.45) is 0.986. The molecule has 1 aromatic carbocycles. The molecule has 2 aromatic rings. The van der Waals surface area contributed by atoms with Crippen molar-refractivity contribution < 1.29 is 42.1 Å². The van der Waals surface area contributed by atoms with Crippen molar-refractivity contribution >= 4 is 18.0 Å². The highest BCUT2D eigenvalue weighted by atomic mass is 19.1. The summed E-state index contributed by atoms with van der Waals surface area (Å²) in [5, 5.41) is 12.7. The molecule has 0 fully saturated rings. The number of amides is 2. The number of rotatable bonds is 8. The number of carboxylic acids is 1. The number of hydrogen-bond acceptors (Lipinski definition) is 6. The number of aromatic nitrogens is 1. The Morgan fingerprint density at radius 2 is 1.78 bits per heavy atom. The third kappa shape index (κ3) is 6.48. The fraction of sp³-hybridized carbons (Fsp3) is 0.333. The van der Waals surface area contributed by atoms with E-state index in [0.29, 0.717) is 16.8 Å². The number of carboxylic acid groups (broad SMARTS) is 1. The van der Waals surface area contributed by atoms with Gasteiger partial charge >= 0.3 is 12.1 Å². The molecule has 37 heavy (non-hydrogen) atoms. The number of nitrogens with zero attached hydrogens (tertiary/aromatic N) is 2. The molecular weight excluding hydrogens is 499 g/mol. The maximum Gasteiger partial charge on any atom is 0.430 e. The average Bonchev–Trinajstić information content (AvgIpc) is 2.77. The summed E-state index contributed by atoms with van der Waals surface area (Å²) in [5.74, 6) is -7.38. The molecule has 10 nitrogen and oxygen atoms in total. The van der Waals surface area contributed by atoms with Gasteiger partial charge in [-0.1, -0.05) is 6.08 Å². The van der Waals surface area contributed by atoms with Gasteiger partial charge in [0.05, 0.1) is 13.2 Å². The Balaban J connectivity index is 2.68. The summed E-state index contributed by atoms with van der Waals surface area (Å²) in [6, 6.07) is -0.0895. The van der Waals surface area contributed by atoms with Gasteiger partial charge in [0.25, 0.3) is 5.91 Å². The van der Waals surface area contributed by atoms with E-state index < -0.39 is 81.6 Å². The summed E-state index contributed by atoms with van der Waals surface area (Å²) < 4.78 is 52.1. The van der Waals surface area contributed by atoms with Crippen molar-refractivity contribution in [1.82, 2.24) is 9.99 Å². The van der Waals surface area contributed by atoms with E-state index in [1.54, 1.807) is 20.8 Å². The molecule has 1 unspecified atom stereocenters. The predicted molar refractivity (Wildman–Crippen MR) is 126 cm³/mol. The Morgan fingerprint density at radius 1 is 1.22 bits per heavy atom. The lowest BCUT2D eigenvalue weighted by Gasteiger charge is -2.33. The van der Waals surface area contributed by atoms with E-state index >= 15 is 0 Å². The number of benzene rings is 1. The highest BCUT2D eigenvalue weighted by molar-refractivity contribution is 5.97. The third-order valence-electron chi connectivity index (χ3n) is 4.87. The van der Waals surface area contributed by atoms with Crippen LogP contribution < -0.4 is 20.5 Å². The third-order valence-corrected chi connectivity index (χ3v) is 4.87. The number of methoxy groups -OCH3 is 1. The molecule has 13 heteroatoms. The highest BCUT2D eigenvalue weighted by Gasteiger charge is 2.33. The molecule has 0 aliphatic heterocycles. The van der Waals surface area contributed by atoms with Crippen molar-refractivity contribution in [1.29, 1.82) is 0 Å². The van der Waals surface area contributed by atoms with Crippen molar-refractivity contribution in [3.05, 3.63) is 75.5 Å². The Bertz CT molecular complexity index is 1280. The molecule has 0 aliphatic rings. The smallest absolute Gasteiger partial charge is 0.430 e. The number of carbonyl (C=O) groups is 3. The highest BCUT2D eigenvalue weighted by Crippen LogP contribution is 2.20. The van der Waals surface area contributed by atoms with Crippen LogP contribution in [0, 0.1) is 17.5 Å². The van der Waals surface area contributed by atoms with E-state index in [9.17, 15) is 37.5 Å². The second-order valence-electron chi connectivity index (χ2n) is 8.74. The number of aromatic carboxylic acids is 1. The van der Waals surface area contributed by atoms with E-state index in [1.165, 1.54) is 13.0 Å². The molecule has 2 amide bonds. The van der Waals surface area contributed by atoms with E-state index in [0.717, 1.165) is 18.3 Å². The molecule has 0 spiro atoms. The van der Waals surface area contributed by atoms with Gasteiger partial charge in [-0.15, -0.1) is 6.58 Å². The average molecular weight is 525 g/mol. The van der Waals surface area contributed by atoms with Gasteiger partial charge in [-0.25, -0.2) is 32.4 Å². The minimum absolute atomic E-state index is 0.414. The summed E-state index contributed by atoms with van der Waals surface area (Å²) >= 11 is 0. The second kappa shape index (κ2) is 11.2. The van der Waals surface area contributed by atoms with Crippen LogP contribution in [-0.2, 0) is 11.3 Å². The van der Waals surface area contributed by atoms with Crippen LogP contribution in [0.15, 0.2) is 35.8 Å². The first-order valence-electron chi connectivity index (χ1n) is 10.8. The van der Waals surface area contributed by atoms with Gasteiger partial charge in [0.1, 0.15) is 28.6 Å². The molecule has 200 valence electrons. The summed E-state index contributed by atoms with van der Waals surface area (Å²) in [6.45, 7) is 8.97. The molecule has 1 aromatic heterocycles. The van der Waals surface area contributed by atoms with E-state index in [-0.39, 0.29) is 0 Å². The quantitative estimate of drug-likeness (QED) is 0.506. The van der Waals surface area contributed by atoms with Crippen LogP contribution in [0.25, 0.3) is 0 Å². The zero-order chi connectivity index (χ0) is 28.2. The summed E-state index contributed by atoms with van der Waals surface area (Å²) in [5.41, 5.74) is -4.40. The van der Waals surface area contributed by atoms with Gasteiger partial charge in [0.15, 0.2) is 11.4 Å². The first-order chi connectivity index (χ1) is 17.1. The molecule has 1 atom stereocenters. The number of pyridine rings is 1. The first kappa shape index (κ1) is 28.9. The summed E-state index contributed by atoms with van der Waals surface area (Å²) in [4.78, 5) is 51.0. The van der Waals surface area contributed by atoms with Crippen molar-refractivity contribution in [3.63, 3.8) is 0 Å². The standard InChI is InChI=1S/C24H26F3N3O7/c1-7-12(2)30(23(35)37-24(3,4)5)29-11-15(19(31)20(36-6)18(29)22(33)34)21(32)28-10-14-16(26)8-13(25)9-17(14)27/h7-9,11-12H,1,10H2,2-6H3,(H,28,32)(H,33,34). The second-order valence-corrected chi connectivity index (χ2v) is 8.74. The Kier molecular flexibility index (Phi) is 8.75. The zero-order valence-electron chi connectivity index (χ0n) is 20.7. The van der Waals surface area contributed by atoms with Gasteiger partial charge in [-0.3, -0.25) is 9.59 Å². The summed E-state index contributed by atoms with van der Waals surface area (Å²) in [7, 11) is 0.979. The predicted octanol–water partition coefficient (Wildman–Crippen LogP) is 3.35. The van der Waals surface area contributed by atoms with Gasteiger partial charge in [-0.05, 0) is 27.7 Å². The van der Waals surface area contributed by atoms with E-state index in [2.05, 4.69) is 11.9 Å². The first-order valence-corrected chi connectivity index (χ1v) is 10.8. The number of carbonyl (C=O) groups excluding carboxylic acids is 2. The van der Waals surface area contributed by atoms with Crippen molar-refractivity contribution in [2.24, 2.45) is 0 Å². The van der Waals surface area contributed by atoms with Gasteiger partial charge in [-0.2, -0.15) is 0 Å². The fourth-order valence-corrected chi connectivity index (χ4v) is 3.16. The van der Waals surface area contributed by atoms with Crippen LogP contribution in [-0.4, -0.2) is 46.5 Å². The van der Waals surface area contributed by atoms with Crippen molar-refractivity contribution in [3.8, 4) is 5.75 Å². The normalized spacial score (nSPS) is 11.9. The lowest BCUT2D eigenvalue weighted by atomic mass is 10.1. The van der Waals surface area contributed by atoms with Crippen LogP contribution in [0.4, 0.5) is 18.0 Å². The van der Waals surface area contributed by atoms with Crippen LogP contribution in [0.3, 0.4) is 0 Å². The minimum Gasteiger partial charge on any atom is -0.490 e. The monoisotopic (exact) mass is 525 g/mol. The van der Waals surface area contributed by atoms with Crippen LogP contribution >= 0.6 is 0 Å². The van der Waals surface area contributed by atoms with Crippen LogP contribution in [0.2, 0.25) is 0 Å². The topological polar surface area (TPSA) is 127 Å². The number of halogens is 3. The molecule has 0 aliphatic carbocycles. The molecule has 1 heterocycles. The van der Waals surface area contributed by atoms with Gasteiger partial charge in [0, 0.05) is 30.4 Å². The molecule has 2 rings (SSSR count). The van der Waals surface area contributed by atoms with E-state index in [1.807, 2.05) is 0 Å². The van der Waals surface area contributed by atoms with Crippen molar-refractivity contribution in [2.45, 2.75) is 45.9 Å². The van der Waals surface area contributed by atoms with E-state index in [4.69, 9.17) is 9.47 Å². The van der Waals surface area contributed by atoms with Crippen molar-refractivity contribution in [2.75, 3.05) is 12.1 Å².